The van der Waals surface area contributed by atoms with E-state index in [9.17, 15) is 4.79 Å². The summed E-state index contributed by atoms with van der Waals surface area (Å²) in [6, 6.07) is 15.0. The maximum absolute atomic E-state index is 12.0. The third kappa shape index (κ3) is 4.66. The first kappa shape index (κ1) is 17.6. The molecule has 3 aromatic rings. The molecule has 126 valence electrons. The van der Waals surface area contributed by atoms with Crippen LogP contribution in [0.4, 0.5) is 0 Å². The van der Waals surface area contributed by atoms with Crippen LogP contribution in [-0.4, -0.2) is 17.1 Å². The number of carbonyl (C=O) groups excluding carboxylic acids is 1. The molecule has 0 fully saturated rings. The molecule has 0 spiro atoms. The summed E-state index contributed by atoms with van der Waals surface area (Å²) in [5.74, 6) is -0.247. The van der Waals surface area contributed by atoms with Gasteiger partial charge in [0, 0.05) is 16.5 Å². The largest absolute Gasteiger partial charge is 0.273 e. The summed E-state index contributed by atoms with van der Waals surface area (Å²) >= 11 is 13.4. The Bertz CT molecular complexity index is 910. The van der Waals surface area contributed by atoms with Crippen LogP contribution in [0.15, 0.2) is 59.0 Å². The molecule has 1 heterocycles. The molecule has 0 aliphatic heterocycles. The number of hydrogen-bond donors (Lipinski definition) is 1. The molecule has 0 radical (unpaired) electrons. The normalized spacial score (nSPS) is 11.0. The molecule has 0 saturated carbocycles. The van der Waals surface area contributed by atoms with Crippen molar-refractivity contribution in [1.29, 1.82) is 0 Å². The van der Waals surface area contributed by atoms with Gasteiger partial charge in [-0.25, -0.2) is 10.4 Å². The van der Waals surface area contributed by atoms with Crippen LogP contribution in [-0.2, 0) is 11.2 Å². The highest BCUT2D eigenvalue weighted by Crippen LogP contribution is 2.24. The Labute approximate surface area is 159 Å². The number of aromatic nitrogens is 1. The number of thiazole rings is 1. The summed E-state index contributed by atoms with van der Waals surface area (Å²) in [5, 5.41) is 7.42. The van der Waals surface area contributed by atoms with Crippen molar-refractivity contribution in [3.8, 4) is 11.3 Å². The smallest absolute Gasteiger partial charge is 0.246 e. The van der Waals surface area contributed by atoms with Gasteiger partial charge in [-0.2, -0.15) is 5.10 Å². The number of nitrogens with zero attached hydrogens (tertiary/aromatic N) is 2. The Hall–Kier alpha value is -2.21. The topological polar surface area (TPSA) is 54.4 Å². The minimum atomic E-state index is -0.247. The molecule has 0 saturated heterocycles. The zero-order chi connectivity index (χ0) is 17.6. The number of amides is 1. The molecule has 1 amide bonds. The minimum absolute atomic E-state index is 0.165. The Morgan fingerprint density at radius 1 is 1.16 bits per heavy atom. The summed E-state index contributed by atoms with van der Waals surface area (Å²) in [5.41, 5.74) is 5.00. The van der Waals surface area contributed by atoms with E-state index in [0.717, 1.165) is 16.3 Å². The molecule has 4 nitrogen and oxygen atoms in total. The molecule has 0 aliphatic carbocycles. The van der Waals surface area contributed by atoms with Crippen molar-refractivity contribution in [3.63, 3.8) is 0 Å². The number of hydrogen-bond acceptors (Lipinski definition) is 4. The van der Waals surface area contributed by atoms with E-state index in [1.165, 1.54) is 17.6 Å². The molecule has 1 N–H and O–H groups in total. The van der Waals surface area contributed by atoms with Crippen molar-refractivity contribution in [3.05, 3.63) is 74.5 Å². The predicted octanol–water partition coefficient (Wildman–Crippen LogP) is 4.81. The Morgan fingerprint density at radius 2 is 1.96 bits per heavy atom. The maximum atomic E-state index is 12.0. The lowest BCUT2D eigenvalue weighted by Gasteiger charge is -2.00. The van der Waals surface area contributed by atoms with Gasteiger partial charge in [-0.05, 0) is 6.07 Å². The second-order valence-electron chi connectivity index (χ2n) is 5.11. The molecule has 1 aromatic heterocycles. The van der Waals surface area contributed by atoms with Gasteiger partial charge in [0.2, 0.25) is 5.91 Å². The van der Waals surface area contributed by atoms with E-state index in [1.54, 1.807) is 18.2 Å². The van der Waals surface area contributed by atoms with Gasteiger partial charge >= 0.3 is 0 Å². The zero-order valence-corrected chi connectivity index (χ0v) is 15.3. The van der Waals surface area contributed by atoms with Gasteiger partial charge in [0.15, 0.2) is 0 Å². The molecule has 0 aliphatic rings. The second kappa shape index (κ2) is 8.25. The monoisotopic (exact) mass is 389 g/mol. The fourth-order valence-electron chi connectivity index (χ4n) is 2.10. The first-order valence-electron chi connectivity index (χ1n) is 7.39. The molecule has 0 atom stereocenters. The predicted molar refractivity (Wildman–Crippen MR) is 103 cm³/mol. The lowest BCUT2D eigenvalue weighted by molar-refractivity contribution is -0.120. The molecule has 2 aromatic carbocycles. The maximum Gasteiger partial charge on any atom is 0.246 e. The number of carbonyl (C=O) groups is 1. The molecule has 7 heteroatoms. The average molecular weight is 390 g/mol. The highest BCUT2D eigenvalue weighted by molar-refractivity contribution is 7.10. The van der Waals surface area contributed by atoms with Crippen LogP contribution in [0, 0.1) is 0 Å². The zero-order valence-electron chi connectivity index (χ0n) is 12.9. The molecular weight excluding hydrogens is 377 g/mol. The highest BCUT2D eigenvalue weighted by atomic mass is 35.5. The molecule has 25 heavy (non-hydrogen) atoms. The van der Waals surface area contributed by atoms with Crippen molar-refractivity contribution < 1.29 is 4.79 Å². The van der Waals surface area contributed by atoms with E-state index in [0.29, 0.717) is 15.6 Å². The summed E-state index contributed by atoms with van der Waals surface area (Å²) < 4.78 is 0. The van der Waals surface area contributed by atoms with Crippen molar-refractivity contribution >= 4 is 46.7 Å². The number of benzene rings is 2. The first-order chi connectivity index (χ1) is 12.1. The van der Waals surface area contributed by atoms with Gasteiger partial charge in [-0.15, -0.1) is 11.3 Å². The number of hydrazone groups is 1. The van der Waals surface area contributed by atoms with Crippen LogP contribution in [0.25, 0.3) is 11.3 Å². The quantitative estimate of drug-likeness (QED) is 0.502. The van der Waals surface area contributed by atoms with Crippen molar-refractivity contribution in [2.24, 2.45) is 5.10 Å². The van der Waals surface area contributed by atoms with Gasteiger partial charge in [0.25, 0.3) is 0 Å². The van der Waals surface area contributed by atoms with Crippen molar-refractivity contribution in [2.75, 3.05) is 0 Å². The second-order valence-corrected chi connectivity index (χ2v) is 6.83. The van der Waals surface area contributed by atoms with Crippen molar-refractivity contribution in [1.82, 2.24) is 10.4 Å². The average Bonchev–Trinajstić information content (AvgIpc) is 3.08. The third-order valence-corrected chi connectivity index (χ3v) is 4.99. The van der Waals surface area contributed by atoms with Gasteiger partial charge in [0.1, 0.15) is 5.01 Å². The van der Waals surface area contributed by atoms with Crippen LogP contribution in [0.5, 0.6) is 0 Å². The van der Waals surface area contributed by atoms with Crippen LogP contribution in [0.1, 0.15) is 10.6 Å². The number of rotatable bonds is 5. The highest BCUT2D eigenvalue weighted by Gasteiger charge is 2.08. The summed E-state index contributed by atoms with van der Waals surface area (Å²) in [6.07, 6.45) is 1.63. The third-order valence-electron chi connectivity index (χ3n) is 3.31. The molecule has 0 unspecified atom stereocenters. The lowest BCUT2D eigenvalue weighted by Crippen LogP contribution is -2.19. The minimum Gasteiger partial charge on any atom is -0.273 e. The van der Waals surface area contributed by atoms with Gasteiger partial charge in [0.05, 0.1) is 28.4 Å². The molecule has 3 rings (SSSR count). The summed E-state index contributed by atoms with van der Waals surface area (Å²) in [7, 11) is 0. The van der Waals surface area contributed by atoms with E-state index in [2.05, 4.69) is 15.5 Å². The summed E-state index contributed by atoms with van der Waals surface area (Å²) in [4.78, 5) is 16.5. The number of nitrogens with one attached hydrogen (secondary N) is 1. The number of halogens is 2. The standard InChI is InChI=1S/C18H13Cl2N3OS/c19-14-8-4-7-13(18(14)20)10-21-23-16(24)9-17-22-15(11-25-17)12-5-2-1-3-6-12/h1-8,10-11H,9H2,(H,23,24)/b21-10-. The van der Waals surface area contributed by atoms with E-state index >= 15 is 0 Å². The fraction of sp³-hybridized carbons (Fsp3) is 0.0556. The van der Waals surface area contributed by atoms with E-state index in [4.69, 9.17) is 23.2 Å². The fourth-order valence-corrected chi connectivity index (χ4v) is 3.26. The Morgan fingerprint density at radius 3 is 2.76 bits per heavy atom. The van der Waals surface area contributed by atoms with Crippen LogP contribution in [0.3, 0.4) is 0 Å². The van der Waals surface area contributed by atoms with Crippen LogP contribution < -0.4 is 5.43 Å². The Balaban J connectivity index is 1.59. The Kier molecular flexibility index (Phi) is 5.81. The van der Waals surface area contributed by atoms with Gasteiger partial charge in [-0.1, -0.05) is 65.7 Å². The van der Waals surface area contributed by atoms with Crippen LogP contribution >= 0.6 is 34.5 Å². The van der Waals surface area contributed by atoms with E-state index < -0.39 is 0 Å². The van der Waals surface area contributed by atoms with E-state index in [-0.39, 0.29) is 12.3 Å². The molecule has 0 bridgehead atoms. The lowest BCUT2D eigenvalue weighted by atomic mass is 10.2. The SMILES string of the molecule is O=C(Cc1nc(-c2ccccc2)cs1)N/N=C\c1cccc(Cl)c1Cl. The summed E-state index contributed by atoms with van der Waals surface area (Å²) in [6.45, 7) is 0. The van der Waals surface area contributed by atoms with Crippen molar-refractivity contribution in [2.45, 2.75) is 6.42 Å². The van der Waals surface area contributed by atoms with Crippen LogP contribution in [0.2, 0.25) is 10.0 Å². The van der Waals surface area contributed by atoms with Gasteiger partial charge < -0.3 is 0 Å². The van der Waals surface area contributed by atoms with Gasteiger partial charge in [-0.3, -0.25) is 4.79 Å². The first-order valence-corrected chi connectivity index (χ1v) is 9.03. The van der Waals surface area contributed by atoms with E-state index in [1.807, 2.05) is 35.7 Å². The molecular formula is C18H13Cl2N3OS.